The molecule has 0 bridgehead atoms. The van der Waals surface area contributed by atoms with Gasteiger partial charge in [0.2, 0.25) is 0 Å². The van der Waals surface area contributed by atoms with E-state index in [1.165, 1.54) is 0 Å². The minimum absolute atomic E-state index is 0.389. The van der Waals surface area contributed by atoms with Gasteiger partial charge in [-0.3, -0.25) is 4.98 Å². The summed E-state index contributed by atoms with van der Waals surface area (Å²) in [5, 5.41) is 8.79. The summed E-state index contributed by atoms with van der Waals surface area (Å²) in [6.45, 7) is 0. The first-order valence-corrected chi connectivity index (χ1v) is 9.83. The number of anilines is 2. The number of ether oxygens (including phenoxy) is 1. The predicted molar refractivity (Wildman–Crippen MR) is 124 cm³/mol. The second-order valence-corrected chi connectivity index (χ2v) is 7.58. The van der Waals surface area contributed by atoms with Crippen LogP contribution in [0.2, 0.25) is 10.0 Å². The highest BCUT2D eigenvalue weighted by Crippen LogP contribution is 2.32. The van der Waals surface area contributed by atoms with Gasteiger partial charge in [0.05, 0.1) is 24.5 Å². The van der Waals surface area contributed by atoms with E-state index in [1.807, 2.05) is 24.3 Å². The summed E-state index contributed by atoms with van der Waals surface area (Å²) in [6.07, 6.45) is 3.57. The van der Waals surface area contributed by atoms with Gasteiger partial charge < -0.3 is 20.4 Å². The first-order chi connectivity index (χ1) is 14.0. The fraction of sp³-hybridized carbons (Fsp3) is 0.0476. The van der Waals surface area contributed by atoms with Crippen LogP contribution in [0, 0.1) is 0 Å². The smallest absolute Gasteiger partial charge is 0.175 e. The van der Waals surface area contributed by atoms with Crippen molar-refractivity contribution in [2.75, 3.05) is 17.7 Å². The molecule has 0 aliphatic rings. The van der Waals surface area contributed by atoms with Crippen LogP contribution in [0.5, 0.6) is 5.75 Å². The molecule has 2 aromatic carbocycles. The standard InChI is InChI=1S/C21H16Cl2N4OS/c1-28-20-3-2-12(17-6-13-4-5-24-11-19(13)26-17)7-18(20)27-21(29)25-16-9-14(22)8-15(23)10-16/h2-11,26H,1H3,(H2,25,27,29). The van der Waals surface area contributed by atoms with Gasteiger partial charge in [-0.2, -0.15) is 0 Å². The van der Waals surface area contributed by atoms with Crippen LogP contribution in [0.4, 0.5) is 11.4 Å². The second-order valence-electron chi connectivity index (χ2n) is 6.30. The van der Waals surface area contributed by atoms with Gasteiger partial charge in [-0.15, -0.1) is 0 Å². The van der Waals surface area contributed by atoms with Crippen molar-refractivity contribution in [3.8, 4) is 17.0 Å². The van der Waals surface area contributed by atoms with Gasteiger partial charge >= 0.3 is 0 Å². The van der Waals surface area contributed by atoms with Gasteiger partial charge in [0.25, 0.3) is 0 Å². The van der Waals surface area contributed by atoms with Gasteiger partial charge in [-0.05, 0) is 60.7 Å². The van der Waals surface area contributed by atoms with E-state index in [0.717, 1.165) is 27.8 Å². The van der Waals surface area contributed by atoms with Gasteiger partial charge in [-0.25, -0.2) is 0 Å². The molecule has 0 saturated carbocycles. The minimum atomic E-state index is 0.389. The fourth-order valence-electron chi connectivity index (χ4n) is 3.01. The van der Waals surface area contributed by atoms with Gasteiger partial charge in [0.1, 0.15) is 5.75 Å². The Labute approximate surface area is 183 Å². The summed E-state index contributed by atoms with van der Waals surface area (Å²) in [6, 6.07) is 15.0. The third kappa shape index (κ3) is 4.45. The van der Waals surface area contributed by atoms with Crippen molar-refractivity contribution < 1.29 is 4.74 Å². The second kappa shape index (κ2) is 8.29. The highest BCUT2D eigenvalue weighted by atomic mass is 35.5. The highest BCUT2D eigenvalue weighted by Gasteiger charge is 2.10. The number of benzene rings is 2. The van der Waals surface area contributed by atoms with Crippen LogP contribution in [0.3, 0.4) is 0 Å². The van der Waals surface area contributed by atoms with E-state index >= 15 is 0 Å². The third-order valence-electron chi connectivity index (χ3n) is 4.30. The molecule has 0 aliphatic heterocycles. The normalized spacial score (nSPS) is 10.7. The molecule has 4 rings (SSSR count). The number of aromatic amines is 1. The van der Waals surface area contributed by atoms with Crippen LogP contribution in [0.25, 0.3) is 22.2 Å². The molecule has 0 atom stereocenters. The highest BCUT2D eigenvalue weighted by molar-refractivity contribution is 7.80. The van der Waals surface area contributed by atoms with Crippen LogP contribution >= 0.6 is 35.4 Å². The zero-order valence-corrected chi connectivity index (χ0v) is 17.6. The Morgan fingerprint density at radius 1 is 1.03 bits per heavy atom. The van der Waals surface area contributed by atoms with Crippen molar-refractivity contribution in [2.24, 2.45) is 0 Å². The molecular weight excluding hydrogens is 427 g/mol. The summed E-state index contributed by atoms with van der Waals surface area (Å²) in [4.78, 5) is 7.52. The number of halogens is 2. The summed E-state index contributed by atoms with van der Waals surface area (Å²) in [7, 11) is 1.61. The number of pyridine rings is 1. The van der Waals surface area contributed by atoms with Crippen LogP contribution < -0.4 is 15.4 Å². The summed E-state index contributed by atoms with van der Waals surface area (Å²) >= 11 is 17.5. The van der Waals surface area contributed by atoms with E-state index in [2.05, 4.69) is 26.7 Å². The SMILES string of the molecule is COc1ccc(-c2cc3ccncc3[nH]2)cc1NC(=S)Nc1cc(Cl)cc(Cl)c1. The fourth-order valence-corrected chi connectivity index (χ4v) is 3.77. The lowest BCUT2D eigenvalue weighted by Gasteiger charge is -2.15. The largest absolute Gasteiger partial charge is 0.495 e. The Morgan fingerprint density at radius 2 is 1.83 bits per heavy atom. The minimum Gasteiger partial charge on any atom is -0.495 e. The zero-order valence-electron chi connectivity index (χ0n) is 15.3. The molecule has 0 aliphatic carbocycles. The van der Waals surface area contributed by atoms with E-state index in [-0.39, 0.29) is 0 Å². The Morgan fingerprint density at radius 3 is 2.55 bits per heavy atom. The Hall–Kier alpha value is -2.80. The summed E-state index contributed by atoms with van der Waals surface area (Å²) in [5.41, 5.74) is 4.35. The number of aromatic nitrogens is 2. The monoisotopic (exact) mass is 442 g/mol. The molecule has 4 aromatic rings. The molecule has 0 unspecified atom stereocenters. The Balaban J connectivity index is 1.60. The number of nitrogens with one attached hydrogen (secondary N) is 3. The molecule has 0 radical (unpaired) electrons. The lowest BCUT2D eigenvalue weighted by atomic mass is 10.1. The van der Waals surface area contributed by atoms with Crippen LogP contribution in [-0.4, -0.2) is 22.2 Å². The zero-order chi connectivity index (χ0) is 20.4. The summed E-state index contributed by atoms with van der Waals surface area (Å²) < 4.78 is 5.47. The molecular formula is C21H16Cl2N4OS. The molecule has 3 N–H and O–H groups in total. The number of nitrogens with zero attached hydrogens (tertiary/aromatic N) is 1. The van der Waals surface area contributed by atoms with Crippen LogP contribution in [0.15, 0.2) is 60.9 Å². The average molecular weight is 443 g/mol. The van der Waals surface area contributed by atoms with Crippen molar-refractivity contribution in [3.05, 3.63) is 71.0 Å². The molecule has 29 heavy (non-hydrogen) atoms. The van der Waals surface area contributed by atoms with Crippen LogP contribution in [-0.2, 0) is 0 Å². The number of hydrogen-bond acceptors (Lipinski definition) is 3. The number of H-pyrrole nitrogens is 1. The maximum Gasteiger partial charge on any atom is 0.175 e. The van der Waals surface area contributed by atoms with Crippen molar-refractivity contribution in [1.29, 1.82) is 0 Å². The van der Waals surface area contributed by atoms with Crippen molar-refractivity contribution in [1.82, 2.24) is 9.97 Å². The maximum absolute atomic E-state index is 6.05. The van der Waals surface area contributed by atoms with Gasteiger partial charge in [0.15, 0.2) is 5.11 Å². The molecule has 5 nitrogen and oxygen atoms in total. The van der Waals surface area contributed by atoms with E-state index in [9.17, 15) is 0 Å². The van der Waals surface area contributed by atoms with E-state index in [4.69, 9.17) is 40.2 Å². The van der Waals surface area contributed by atoms with Crippen LogP contribution in [0.1, 0.15) is 0 Å². The molecule has 2 heterocycles. The topological polar surface area (TPSA) is 62.0 Å². The summed E-state index contributed by atoms with van der Waals surface area (Å²) in [5.74, 6) is 0.666. The van der Waals surface area contributed by atoms with Crippen molar-refractivity contribution >= 4 is 62.8 Å². The Bertz CT molecular complexity index is 1160. The molecule has 2 aromatic heterocycles. The van der Waals surface area contributed by atoms with Crippen molar-refractivity contribution in [3.63, 3.8) is 0 Å². The van der Waals surface area contributed by atoms with Gasteiger partial charge in [0, 0.05) is 38.6 Å². The lowest BCUT2D eigenvalue weighted by molar-refractivity contribution is 0.417. The number of methoxy groups -OCH3 is 1. The van der Waals surface area contributed by atoms with E-state index in [0.29, 0.717) is 26.6 Å². The quantitative estimate of drug-likeness (QED) is 0.321. The number of hydrogen-bond donors (Lipinski definition) is 3. The molecule has 0 fully saturated rings. The molecule has 0 saturated heterocycles. The number of rotatable bonds is 4. The molecule has 8 heteroatoms. The van der Waals surface area contributed by atoms with Gasteiger partial charge in [-0.1, -0.05) is 23.2 Å². The van der Waals surface area contributed by atoms with E-state index in [1.54, 1.807) is 37.7 Å². The number of fused-ring (bicyclic) bond motifs is 1. The maximum atomic E-state index is 6.05. The first-order valence-electron chi connectivity index (χ1n) is 8.67. The van der Waals surface area contributed by atoms with E-state index < -0.39 is 0 Å². The first kappa shape index (κ1) is 19.5. The Kier molecular flexibility index (Phi) is 5.58. The molecule has 0 spiro atoms. The molecule has 146 valence electrons. The predicted octanol–water partition coefficient (Wildman–Crippen LogP) is 6.35. The lowest BCUT2D eigenvalue weighted by Crippen LogP contribution is -2.19. The number of thiocarbonyl (C=S) groups is 1. The molecule has 0 amide bonds. The van der Waals surface area contributed by atoms with Crippen molar-refractivity contribution in [2.45, 2.75) is 0 Å². The third-order valence-corrected chi connectivity index (χ3v) is 4.94. The average Bonchev–Trinajstić information content (AvgIpc) is 3.11.